The van der Waals surface area contributed by atoms with Crippen LogP contribution in [0, 0.1) is 16.0 Å². The van der Waals surface area contributed by atoms with E-state index in [0.717, 1.165) is 19.3 Å². The summed E-state index contributed by atoms with van der Waals surface area (Å²) in [5, 5.41) is 11.4. The van der Waals surface area contributed by atoms with E-state index in [9.17, 15) is 14.9 Å². The number of nitro groups is 1. The predicted molar refractivity (Wildman–Crippen MR) is 80.4 cm³/mol. The fourth-order valence-corrected chi connectivity index (χ4v) is 2.84. The van der Waals surface area contributed by atoms with Crippen LogP contribution in [0.15, 0.2) is 18.2 Å². The van der Waals surface area contributed by atoms with Crippen LogP contribution < -0.4 is 5.73 Å². The normalized spacial score (nSPS) is 16.0. The van der Waals surface area contributed by atoms with Gasteiger partial charge in [-0.25, -0.2) is 0 Å². The number of hydrogen-bond donors (Lipinski definition) is 1. The van der Waals surface area contributed by atoms with Gasteiger partial charge in [-0.3, -0.25) is 14.9 Å². The molecule has 1 saturated heterocycles. The summed E-state index contributed by atoms with van der Waals surface area (Å²) in [4.78, 5) is 24.6. The van der Waals surface area contributed by atoms with Crippen LogP contribution in [0.2, 0.25) is 5.02 Å². The van der Waals surface area contributed by atoms with Crippen molar-refractivity contribution >= 4 is 23.2 Å². The van der Waals surface area contributed by atoms with E-state index in [1.54, 1.807) is 4.90 Å². The third kappa shape index (κ3) is 3.71. The molecule has 2 N–H and O–H groups in total. The SMILES string of the molecule is NCCC1CCN(C(=O)c2cc(Cl)ccc2[N+](=O)[O-])CC1. The summed E-state index contributed by atoms with van der Waals surface area (Å²) >= 11 is 5.86. The predicted octanol–water partition coefficient (Wildman–Crippen LogP) is 2.45. The first-order chi connectivity index (χ1) is 10.0. The zero-order valence-corrected chi connectivity index (χ0v) is 12.4. The molecule has 1 amide bonds. The molecule has 21 heavy (non-hydrogen) atoms. The number of benzene rings is 1. The summed E-state index contributed by atoms with van der Waals surface area (Å²) in [5.74, 6) is 0.212. The first-order valence-corrected chi connectivity index (χ1v) is 7.34. The van der Waals surface area contributed by atoms with E-state index in [1.165, 1.54) is 18.2 Å². The molecule has 0 aromatic heterocycles. The molecular formula is C14H18ClN3O3. The molecule has 0 saturated carbocycles. The number of hydrogen-bond acceptors (Lipinski definition) is 4. The Morgan fingerprint density at radius 1 is 1.43 bits per heavy atom. The first kappa shape index (κ1) is 15.7. The maximum absolute atomic E-state index is 12.5. The molecule has 1 aromatic rings. The van der Waals surface area contributed by atoms with Gasteiger partial charge in [0, 0.05) is 24.2 Å². The first-order valence-electron chi connectivity index (χ1n) is 6.96. The lowest BCUT2D eigenvalue weighted by molar-refractivity contribution is -0.385. The minimum atomic E-state index is -0.551. The van der Waals surface area contributed by atoms with E-state index >= 15 is 0 Å². The van der Waals surface area contributed by atoms with Crippen molar-refractivity contribution in [3.8, 4) is 0 Å². The lowest BCUT2D eigenvalue weighted by Gasteiger charge is -2.31. The smallest absolute Gasteiger partial charge is 0.282 e. The van der Waals surface area contributed by atoms with Crippen molar-refractivity contribution in [1.82, 2.24) is 4.90 Å². The Bertz CT molecular complexity index is 542. The van der Waals surface area contributed by atoms with Crippen molar-refractivity contribution in [2.45, 2.75) is 19.3 Å². The Balaban J connectivity index is 2.14. The van der Waals surface area contributed by atoms with Crippen LogP contribution in [0.1, 0.15) is 29.6 Å². The molecule has 0 radical (unpaired) electrons. The van der Waals surface area contributed by atoms with Gasteiger partial charge in [0.05, 0.1) is 4.92 Å². The van der Waals surface area contributed by atoms with Crippen LogP contribution >= 0.6 is 11.6 Å². The van der Waals surface area contributed by atoms with E-state index in [-0.39, 0.29) is 17.2 Å². The molecule has 2 rings (SSSR count). The molecule has 0 bridgehead atoms. The number of nitrogens with zero attached hydrogens (tertiary/aromatic N) is 2. The minimum Gasteiger partial charge on any atom is -0.338 e. The summed E-state index contributed by atoms with van der Waals surface area (Å²) < 4.78 is 0. The van der Waals surface area contributed by atoms with Gasteiger partial charge in [-0.15, -0.1) is 0 Å². The summed E-state index contributed by atoms with van der Waals surface area (Å²) in [6, 6.07) is 4.06. The van der Waals surface area contributed by atoms with Crippen LogP contribution in [0.4, 0.5) is 5.69 Å². The average Bonchev–Trinajstić information content (AvgIpc) is 2.47. The largest absolute Gasteiger partial charge is 0.338 e. The number of piperidine rings is 1. The maximum Gasteiger partial charge on any atom is 0.282 e. The molecule has 1 aliphatic heterocycles. The monoisotopic (exact) mass is 311 g/mol. The van der Waals surface area contributed by atoms with E-state index in [1.807, 2.05) is 0 Å². The summed E-state index contributed by atoms with van der Waals surface area (Å²) in [7, 11) is 0. The molecule has 1 aromatic carbocycles. The summed E-state index contributed by atoms with van der Waals surface area (Å²) in [6.07, 6.45) is 2.73. The van der Waals surface area contributed by atoms with Gasteiger partial charge in [-0.2, -0.15) is 0 Å². The van der Waals surface area contributed by atoms with Crippen molar-refractivity contribution < 1.29 is 9.72 Å². The second kappa shape index (κ2) is 6.87. The fourth-order valence-electron chi connectivity index (χ4n) is 2.67. The Hall–Kier alpha value is -1.66. The quantitative estimate of drug-likeness (QED) is 0.683. The van der Waals surface area contributed by atoms with Crippen LogP contribution in [0.3, 0.4) is 0 Å². The molecular weight excluding hydrogens is 294 g/mol. The zero-order valence-electron chi connectivity index (χ0n) is 11.6. The van der Waals surface area contributed by atoms with E-state index in [2.05, 4.69) is 0 Å². The molecule has 0 spiro atoms. The Labute approximate surface area is 128 Å². The van der Waals surface area contributed by atoms with Crippen molar-refractivity contribution in [3.05, 3.63) is 38.9 Å². The number of carbonyl (C=O) groups is 1. The lowest BCUT2D eigenvalue weighted by Crippen LogP contribution is -2.39. The van der Waals surface area contributed by atoms with Gasteiger partial charge in [0.1, 0.15) is 5.56 Å². The highest BCUT2D eigenvalue weighted by Gasteiger charge is 2.28. The third-order valence-electron chi connectivity index (χ3n) is 3.86. The van der Waals surface area contributed by atoms with E-state index in [4.69, 9.17) is 17.3 Å². The van der Waals surface area contributed by atoms with Gasteiger partial charge >= 0.3 is 0 Å². The second-order valence-corrected chi connectivity index (χ2v) is 5.67. The highest BCUT2D eigenvalue weighted by Crippen LogP contribution is 2.27. The van der Waals surface area contributed by atoms with Crippen molar-refractivity contribution in [2.24, 2.45) is 11.7 Å². The Kier molecular flexibility index (Phi) is 5.14. The van der Waals surface area contributed by atoms with Crippen LogP contribution in [0.5, 0.6) is 0 Å². The molecule has 0 unspecified atom stereocenters. The number of likely N-dealkylation sites (tertiary alicyclic amines) is 1. The van der Waals surface area contributed by atoms with Gasteiger partial charge in [-0.1, -0.05) is 11.6 Å². The molecule has 7 heteroatoms. The maximum atomic E-state index is 12.5. The zero-order chi connectivity index (χ0) is 15.4. The molecule has 6 nitrogen and oxygen atoms in total. The van der Waals surface area contributed by atoms with E-state index in [0.29, 0.717) is 30.6 Å². The Morgan fingerprint density at radius 2 is 2.10 bits per heavy atom. The molecule has 0 atom stereocenters. The summed E-state index contributed by atoms with van der Waals surface area (Å²) in [5.41, 5.74) is 5.40. The number of rotatable bonds is 4. The lowest BCUT2D eigenvalue weighted by atomic mass is 9.93. The van der Waals surface area contributed by atoms with Gasteiger partial charge in [0.2, 0.25) is 0 Å². The minimum absolute atomic E-state index is 0.0600. The number of nitrogens with two attached hydrogens (primary N) is 1. The number of amides is 1. The molecule has 114 valence electrons. The summed E-state index contributed by atoms with van der Waals surface area (Å²) in [6.45, 7) is 1.86. The fraction of sp³-hybridized carbons (Fsp3) is 0.500. The third-order valence-corrected chi connectivity index (χ3v) is 4.10. The average molecular weight is 312 g/mol. The van der Waals surface area contributed by atoms with Crippen LogP contribution in [0.25, 0.3) is 0 Å². The van der Waals surface area contributed by atoms with E-state index < -0.39 is 4.92 Å². The number of halogens is 1. The van der Waals surface area contributed by atoms with Crippen molar-refractivity contribution in [1.29, 1.82) is 0 Å². The molecule has 1 fully saturated rings. The van der Waals surface area contributed by atoms with Crippen LogP contribution in [-0.4, -0.2) is 35.4 Å². The van der Waals surface area contributed by atoms with Gasteiger partial charge in [0.15, 0.2) is 0 Å². The molecule has 1 aliphatic rings. The molecule has 0 aliphatic carbocycles. The number of carbonyl (C=O) groups excluding carboxylic acids is 1. The molecule has 1 heterocycles. The van der Waals surface area contributed by atoms with Gasteiger partial charge in [-0.05, 0) is 43.9 Å². The number of nitro benzene ring substituents is 1. The van der Waals surface area contributed by atoms with Gasteiger partial charge < -0.3 is 10.6 Å². The topological polar surface area (TPSA) is 89.5 Å². The second-order valence-electron chi connectivity index (χ2n) is 5.23. The van der Waals surface area contributed by atoms with Crippen molar-refractivity contribution in [3.63, 3.8) is 0 Å². The van der Waals surface area contributed by atoms with Crippen LogP contribution in [-0.2, 0) is 0 Å². The highest BCUT2D eigenvalue weighted by atomic mass is 35.5. The Morgan fingerprint density at radius 3 is 2.67 bits per heavy atom. The van der Waals surface area contributed by atoms with Gasteiger partial charge in [0.25, 0.3) is 11.6 Å². The highest BCUT2D eigenvalue weighted by molar-refractivity contribution is 6.31. The standard InChI is InChI=1S/C14H18ClN3O3/c15-11-1-2-13(18(20)21)12(9-11)14(19)17-7-4-10(3-6-16)5-8-17/h1-2,9-10H,3-8,16H2. The van der Waals surface area contributed by atoms with Crippen molar-refractivity contribution in [2.75, 3.05) is 19.6 Å².